The molecule has 6 nitrogen and oxygen atoms in total. The molecule has 0 bridgehead atoms. The van der Waals surface area contributed by atoms with E-state index >= 15 is 0 Å². The highest BCUT2D eigenvalue weighted by Gasteiger charge is 2.17. The number of pyridine rings is 1. The summed E-state index contributed by atoms with van der Waals surface area (Å²) in [6.45, 7) is -0.368. The monoisotopic (exact) mass is 411 g/mol. The Morgan fingerprint density at radius 3 is 2.43 bits per heavy atom. The van der Waals surface area contributed by atoms with Crippen molar-refractivity contribution in [3.8, 4) is 17.2 Å². The number of alkyl halides is 2. The largest absolute Gasteiger partial charge is 0.489 e. The lowest BCUT2D eigenvalue weighted by molar-refractivity contribution is -0.0499. The average Bonchev–Trinajstić information content (AvgIpc) is 3.03. The zero-order valence-electron chi connectivity index (χ0n) is 16.2. The predicted molar refractivity (Wildman–Crippen MR) is 108 cm³/mol. The number of fused-ring (bicyclic) bond motifs is 1. The van der Waals surface area contributed by atoms with Gasteiger partial charge in [-0.1, -0.05) is 30.3 Å². The minimum atomic E-state index is -2.96. The van der Waals surface area contributed by atoms with Gasteiger partial charge in [0, 0.05) is 12.6 Å². The summed E-state index contributed by atoms with van der Waals surface area (Å²) in [6.07, 6.45) is 1.18. The maximum absolute atomic E-state index is 12.9. The summed E-state index contributed by atoms with van der Waals surface area (Å²) in [5.74, 6) is 0.567. The van der Waals surface area contributed by atoms with Gasteiger partial charge in [-0.05, 0) is 36.8 Å². The molecule has 4 rings (SSSR count). The number of hydrogen-bond donors (Lipinski definition) is 0. The van der Waals surface area contributed by atoms with E-state index in [1.807, 2.05) is 30.3 Å². The van der Waals surface area contributed by atoms with Gasteiger partial charge in [-0.15, -0.1) is 0 Å². The highest BCUT2D eigenvalue weighted by atomic mass is 19.3. The molecule has 0 spiro atoms. The van der Waals surface area contributed by atoms with E-state index < -0.39 is 6.61 Å². The van der Waals surface area contributed by atoms with Crippen molar-refractivity contribution in [2.45, 2.75) is 26.7 Å². The molecule has 0 fully saturated rings. The first kappa shape index (κ1) is 19.6. The van der Waals surface area contributed by atoms with E-state index in [9.17, 15) is 13.6 Å². The summed E-state index contributed by atoms with van der Waals surface area (Å²) in [5.41, 5.74) is 2.12. The van der Waals surface area contributed by atoms with Crippen LogP contribution in [0.2, 0.25) is 0 Å². The lowest BCUT2D eigenvalue weighted by Gasteiger charge is -2.08. The van der Waals surface area contributed by atoms with Crippen LogP contribution in [0.5, 0.6) is 11.5 Å². The molecule has 0 N–H and O–H groups in total. The third-order valence-corrected chi connectivity index (χ3v) is 4.63. The standard InChI is InChI=1S/C22H19F2N3O3/c1-2-26-19-12-18(30-21(23)24)13-25-20(19)27(22(26)28)16-8-10-17(11-9-16)29-14-15-6-4-3-5-7-15/h3-13,21H,2,14H2,1H3. The first-order chi connectivity index (χ1) is 14.6. The minimum absolute atomic E-state index is 0.0958. The summed E-state index contributed by atoms with van der Waals surface area (Å²) in [6, 6.07) is 18.2. The second-order valence-electron chi connectivity index (χ2n) is 6.52. The number of aromatic nitrogens is 3. The molecule has 8 heteroatoms. The molecule has 0 unspecified atom stereocenters. The first-order valence-electron chi connectivity index (χ1n) is 9.40. The molecular weight excluding hydrogens is 392 g/mol. The summed E-state index contributed by atoms with van der Waals surface area (Å²) in [4.78, 5) is 17.1. The lowest BCUT2D eigenvalue weighted by atomic mass is 10.2. The molecular formula is C22H19F2N3O3. The highest BCUT2D eigenvalue weighted by Crippen LogP contribution is 2.23. The SMILES string of the molecule is CCn1c(=O)n(-c2ccc(OCc3ccccc3)cc2)c2ncc(OC(F)F)cc21. The topological polar surface area (TPSA) is 58.3 Å². The van der Waals surface area contributed by atoms with E-state index in [2.05, 4.69) is 9.72 Å². The molecule has 0 saturated carbocycles. The van der Waals surface area contributed by atoms with Crippen molar-refractivity contribution in [2.75, 3.05) is 0 Å². The fourth-order valence-corrected chi connectivity index (χ4v) is 3.25. The Labute approximate surface area is 170 Å². The van der Waals surface area contributed by atoms with Crippen molar-refractivity contribution in [3.05, 3.63) is 82.9 Å². The smallest absolute Gasteiger partial charge is 0.387 e. The third-order valence-electron chi connectivity index (χ3n) is 4.63. The molecule has 154 valence electrons. The van der Waals surface area contributed by atoms with Crippen LogP contribution in [-0.2, 0) is 13.2 Å². The van der Waals surface area contributed by atoms with Crippen molar-refractivity contribution in [3.63, 3.8) is 0 Å². The van der Waals surface area contributed by atoms with Crippen molar-refractivity contribution < 1.29 is 18.3 Å². The molecule has 0 aliphatic heterocycles. The zero-order valence-corrected chi connectivity index (χ0v) is 16.2. The molecule has 2 heterocycles. The maximum Gasteiger partial charge on any atom is 0.387 e. The van der Waals surface area contributed by atoms with Crippen LogP contribution in [0.3, 0.4) is 0 Å². The molecule has 30 heavy (non-hydrogen) atoms. The van der Waals surface area contributed by atoms with Gasteiger partial charge in [0.2, 0.25) is 0 Å². The summed E-state index contributed by atoms with van der Waals surface area (Å²) in [7, 11) is 0. The number of imidazole rings is 1. The van der Waals surface area contributed by atoms with Crippen molar-refractivity contribution in [2.24, 2.45) is 0 Å². The maximum atomic E-state index is 12.9. The van der Waals surface area contributed by atoms with Crippen molar-refractivity contribution >= 4 is 11.2 Å². The molecule has 4 aromatic rings. The van der Waals surface area contributed by atoms with E-state index in [1.165, 1.54) is 21.4 Å². The second-order valence-corrected chi connectivity index (χ2v) is 6.52. The minimum Gasteiger partial charge on any atom is -0.489 e. The number of benzene rings is 2. The number of aryl methyl sites for hydroxylation is 1. The van der Waals surface area contributed by atoms with Gasteiger partial charge in [-0.3, -0.25) is 4.57 Å². The molecule has 0 aliphatic rings. The zero-order chi connectivity index (χ0) is 21.1. The van der Waals surface area contributed by atoms with Gasteiger partial charge in [0.05, 0.1) is 17.4 Å². The Morgan fingerprint density at radius 1 is 1.03 bits per heavy atom. The third kappa shape index (κ3) is 3.89. The van der Waals surface area contributed by atoms with Gasteiger partial charge in [0.25, 0.3) is 0 Å². The van der Waals surface area contributed by atoms with Crippen LogP contribution in [-0.4, -0.2) is 20.7 Å². The van der Waals surface area contributed by atoms with E-state index in [1.54, 1.807) is 31.2 Å². The fraction of sp³-hybridized carbons (Fsp3) is 0.182. The van der Waals surface area contributed by atoms with E-state index in [0.717, 1.165) is 5.56 Å². The van der Waals surface area contributed by atoms with Crippen molar-refractivity contribution in [1.29, 1.82) is 0 Å². The van der Waals surface area contributed by atoms with E-state index in [-0.39, 0.29) is 11.4 Å². The van der Waals surface area contributed by atoms with Gasteiger partial charge in [-0.25, -0.2) is 14.3 Å². The van der Waals surface area contributed by atoms with Crippen LogP contribution in [0, 0.1) is 0 Å². The van der Waals surface area contributed by atoms with Crippen LogP contribution in [0.15, 0.2) is 71.7 Å². The predicted octanol–water partition coefficient (Wildman–Crippen LogP) is 4.39. The molecule has 2 aromatic carbocycles. The number of rotatable bonds is 7. The molecule has 0 radical (unpaired) electrons. The summed E-state index contributed by atoms with van der Waals surface area (Å²) >= 11 is 0. The van der Waals surface area contributed by atoms with Crippen LogP contribution >= 0.6 is 0 Å². The quantitative estimate of drug-likeness (QED) is 0.453. The average molecular weight is 411 g/mol. The number of hydrogen-bond acceptors (Lipinski definition) is 4. The fourth-order valence-electron chi connectivity index (χ4n) is 3.25. The Kier molecular flexibility index (Phi) is 5.47. The lowest BCUT2D eigenvalue weighted by Crippen LogP contribution is -2.22. The molecule has 0 atom stereocenters. The van der Waals surface area contributed by atoms with Gasteiger partial charge in [0.1, 0.15) is 18.1 Å². The number of ether oxygens (including phenoxy) is 2. The normalized spacial score (nSPS) is 11.2. The summed E-state index contributed by atoms with van der Waals surface area (Å²) in [5, 5.41) is 0. The number of halogens is 2. The Morgan fingerprint density at radius 2 is 1.77 bits per heavy atom. The van der Waals surface area contributed by atoms with Gasteiger partial charge < -0.3 is 9.47 Å². The van der Waals surface area contributed by atoms with E-state index in [4.69, 9.17) is 4.74 Å². The van der Waals surface area contributed by atoms with Crippen molar-refractivity contribution in [1.82, 2.24) is 14.1 Å². The van der Waals surface area contributed by atoms with Gasteiger partial charge >= 0.3 is 12.3 Å². The molecule has 2 aromatic heterocycles. The highest BCUT2D eigenvalue weighted by molar-refractivity contribution is 5.75. The first-order valence-corrected chi connectivity index (χ1v) is 9.40. The van der Waals surface area contributed by atoms with Crippen LogP contribution in [0.1, 0.15) is 12.5 Å². The molecule has 0 amide bonds. The van der Waals surface area contributed by atoms with Crippen LogP contribution in [0.4, 0.5) is 8.78 Å². The van der Waals surface area contributed by atoms with Gasteiger partial charge in [0.15, 0.2) is 5.65 Å². The Hall–Kier alpha value is -3.68. The van der Waals surface area contributed by atoms with Gasteiger partial charge in [-0.2, -0.15) is 8.78 Å². The molecule has 0 aliphatic carbocycles. The van der Waals surface area contributed by atoms with Crippen LogP contribution in [0.25, 0.3) is 16.9 Å². The molecule has 0 saturated heterocycles. The number of nitrogens with zero attached hydrogens (tertiary/aromatic N) is 3. The van der Waals surface area contributed by atoms with E-state index in [0.29, 0.717) is 35.8 Å². The van der Waals surface area contributed by atoms with Crippen LogP contribution < -0.4 is 15.2 Å². The second kappa shape index (κ2) is 8.36. The Bertz CT molecular complexity index is 1200. The summed E-state index contributed by atoms with van der Waals surface area (Å²) < 4.78 is 38.1. The Balaban J connectivity index is 1.65.